The van der Waals surface area contributed by atoms with Crippen LogP contribution in [0.1, 0.15) is 19.4 Å². The molecule has 0 unspecified atom stereocenters. The second-order valence-corrected chi connectivity index (χ2v) is 4.64. The summed E-state index contributed by atoms with van der Waals surface area (Å²) in [5, 5.41) is 9.14. The van der Waals surface area contributed by atoms with Gasteiger partial charge in [0.2, 0.25) is 0 Å². The van der Waals surface area contributed by atoms with Gasteiger partial charge in [0.1, 0.15) is 12.4 Å². The minimum atomic E-state index is 0.0217. The first-order valence-electron chi connectivity index (χ1n) is 5.95. The zero-order valence-electron chi connectivity index (χ0n) is 10.4. The van der Waals surface area contributed by atoms with Crippen LogP contribution in [-0.2, 0) is 6.61 Å². The molecular weight excluding hydrogens is 282 g/mol. The molecule has 0 radical (unpaired) electrons. The number of ether oxygens (including phenoxy) is 1. The van der Waals surface area contributed by atoms with Crippen molar-refractivity contribution in [1.29, 1.82) is 0 Å². The maximum Gasteiger partial charge on any atom is 0.119 e. The van der Waals surface area contributed by atoms with Crippen molar-refractivity contribution >= 4 is 15.9 Å². The van der Waals surface area contributed by atoms with Crippen LogP contribution in [0, 0.1) is 0 Å². The lowest BCUT2D eigenvalue weighted by Gasteiger charge is -2.18. The fourth-order valence-corrected chi connectivity index (χ4v) is 1.97. The Bertz CT molecular complexity index is 340. The molecule has 4 heteroatoms. The lowest BCUT2D eigenvalue weighted by molar-refractivity contribution is 0.222. The molecule has 0 saturated carbocycles. The van der Waals surface area contributed by atoms with E-state index in [9.17, 15) is 0 Å². The van der Waals surface area contributed by atoms with Crippen LogP contribution in [-0.4, -0.2) is 36.2 Å². The number of hydrogen-bond donors (Lipinski definition) is 1. The fraction of sp³-hybridized carbons (Fsp3) is 0.538. The van der Waals surface area contributed by atoms with Crippen LogP contribution >= 0.6 is 15.9 Å². The molecule has 1 aromatic carbocycles. The number of rotatable bonds is 7. The molecule has 0 aliphatic heterocycles. The summed E-state index contributed by atoms with van der Waals surface area (Å²) >= 11 is 3.38. The quantitative estimate of drug-likeness (QED) is 0.840. The van der Waals surface area contributed by atoms with Gasteiger partial charge in [-0.1, -0.05) is 29.8 Å². The van der Waals surface area contributed by atoms with Crippen molar-refractivity contribution in [3.63, 3.8) is 0 Å². The summed E-state index contributed by atoms with van der Waals surface area (Å²) in [6.07, 6.45) is 0. The second-order valence-electron chi connectivity index (χ2n) is 3.79. The van der Waals surface area contributed by atoms with Crippen LogP contribution in [0.5, 0.6) is 5.75 Å². The molecule has 17 heavy (non-hydrogen) atoms. The smallest absolute Gasteiger partial charge is 0.119 e. The van der Waals surface area contributed by atoms with E-state index in [-0.39, 0.29) is 6.61 Å². The number of aliphatic hydroxyl groups is 1. The normalized spacial score (nSPS) is 10.9. The van der Waals surface area contributed by atoms with E-state index in [0.717, 1.165) is 35.4 Å². The molecule has 0 fully saturated rings. The third-order valence-electron chi connectivity index (χ3n) is 2.76. The third-order valence-corrected chi connectivity index (χ3v) is 3.53. The Morgan fingerprint density at radius 1 is 1.29 bits per heavy atom. The molecule has 0 aromatic heterocycles. The number of hydrogen-bond acceptors (Lipinski definition) is 3. The Kier molecular flexibility index (Phi) is 6.55. The van der Waals surface area contributed by atoms with E-state index in [1.165, 1.54) is 0 Å². The van der Waals surface area contributed by atoms with E-state index >= 15 is 0 Å². The number of halogens is 1. The molecule has 96 valence electrons. The Balaban J connectivity index is 2.46. The first-order valence-corrected chi connectivity index (χ1v) is 6.75. The highest BCUT2D eigenvalue weighted by Gasteiger charge is 2.03. The Labute approximate surface area is 112 Å². The van der Waals surface area contributed by atoms with E-state index in [1.807, 2.05) is 18.2 Å². The molecule has 0 aliphatic rings. The van der Waals surface area contributed by atoms with Gasteiger partial charge < -0.3 is 14.7 Å². The summed E-state index contributed by atoms with van der Waals surface area (Å²) in [6.45, 7) is 8.00. The number of benzene rings is 1. The predicted octanol–water partition coefficient (Wildman–Crippen LogP) is 2.66. The van der Waals surface area contributed by atoms with Gasteiger partial charge in [-0.25, -0.2) is 0 Å². The minimum Gasteiger partial charge on any atom is -0.492 e. The van der Waals surface area contributed by atoms with Crippen molar-refractivity contribution in [2.45, 2.75) is 20.5 Å². The Morgan fingerprint density at radius 2 is 2.00 bits per heavy atom. The monoisotopic (exact) mass is 301 g/mol. The van der Waals surface area contributed by atoms with Crippen molar-refractivity contribution in [1.82, 2.24) is 4.90 Å². The molecular formula is C13H20BrNO2. The summed E-state index contributed by atoms with van der Waals surface area (Å²) < 4.78 is 6.58. The van der Waals surface area contributed by atoms with Crippen molar-refractivity contribution in [2.24, 2.45) is 0 Å². The Hall–Kier alpha value is -0.580. The van der Waals surface area contributed by atoms with Gasteiger partial charge in [0, 0.05) is 11.0 Å². The molecule has 0 heterocycles. The van der Waals surface area contributed by atoms with Crippen molar-refractivity contribution in [3.8, 4) is 5.75 Å². The summed E-state index contributed by atoms with van der Waals surface area (Å²) in [5.74, 6) is 0.810. The lowest BCUT2D eigenvalue weighted by Crippen LogP contribution is -2.27. The van der Waals surface area contributed by atoms with Crippen molar-refractivity contribution in [2.75, 3.05) is 26.2 Å². The second kappa shape index (κ2) is 7.69. The third kappa shape index (κ3) is 4.66. The molecule has 3 nitrogen and oxygen atoms in total. The van der Waals surface area contributed by atoms with Gasteiger partial charge in [0.05, 0.1) is 6.61 Å². The van der Waals surface area contributed by atoms with Crippen LogP contribution in [0.3, 0.4) is 0 Å². The van der Waals surface area contributed by atoms with Crippen LogP contribution in [0.15, 0.2) is 22.7 Å². The SMILES string of the molecule is CCN(CC)CCOc1ccc(Br)c(CO)c1. The zero-order chi connectivity index (χ0) is 12.7. The maximum atomic E-state index is 9.14. The topological polar surface area (TPSA) is 32.7 Å². The van der Waals surface area contributed by atoms with Crippen LogP contribution in [0.25, 0.3) is 0 Å². The maximum absolute atomic E-state index is 9.14. The number of aliphatic hydroxyl groups excluding tert-OH is 1. The molecule has 0 amide bonds. The van der Waals surface area contributed by atoms with E-state index in [4.69, 9.17) is 9.84 Å². The molecule has 1 rings (SSSR count). The average Bonchev–Trinajstić information content (AvgIpc) is 2.36. The molecule has 0 saturated heterocycles. The van der Waals surface area contributed by atoms with Crippen molar-refractivity contribution in [3.05, 3.63) is 28.2 Å². The first kappa shape index (κ1) is 14.5. The van der Waals surface area contributed by atoms with Crippen LogP contribution < -0.4 is 4.74 Å². The van der Waals surface area contributed by atoms with Gasteiger partial charge >= 0.3 is 0 Å². The first-order chi connectivity index (χ1) is 8.21. The van der Waals surface area contributed by atoms with Gasteiger partial charge in [-0.2, -0.15) is 0 Å². The largest absolute Gasteiger partial charge is 0.492 e. The summed E-state index contributed by atoms with van der Waals surface area (Å²) in [5.41, 5.74) is 0.852. The zero-order valence-corrected chi connectivity index (χ0v) is 12.0. The highest BCUT2D eigenvalue weighted by atomic mass is 79.9. The molecule has 1 N–H and O–H groups in total. The lowest BCUT2D eigenvalue weighted by atomic mass is 10.2. The predicted molar refractivity (Wildman–Crippen MR) is 73.3 cm³/mol. The van der Waals surface area contributed by atoms with E-state index in [0.29, 0.717) is 6.61 Å². The van der Waals surface area contributed by atoms with Gasteiger partial charge in [0.15, 0.2) is 0 Å². The highest BCUT2D eigenvalue weighted by Crippen LogP contribution is 2.22. The van der Waals surface area contributed by atoms with E-state index in [2.05, 4.69) is 34.7 Å². The molecule has 1 aromatic rings. The number of nitrogens with zero attached hydrogens (tertiary/aromatic N) is 1. The van der Waals surface area contributed by atoms with Crippen LogP contribution in [0.4, 0.5) is 0 Å². The standard InChI is InChI=1S/C13H20BrNO2/c1-3-15(4-2)7-8-17-12-5-6-13(14)11(9-12)10-16/h5-6,9,16H,3-4,7-8,10H2,1-2H3. The Morgan fingerprint density at radius 3 is 2.59 bits per heavy atom. The summed E-state index contributed by atoms with van der Waals surface area (Å²) in [4.78, 5) is 2.31. The number of likely N-dealkylation sites (N-methyl/N-ethyl adjacent to an activating group) is 1. The van der Waals surface area contributed by atoms with Crippen LogP contribution in [0.2, 0.25) is 0 Å². The molecule has 0 bridgehead atoms. The van der Waals surface area contributed by atoms with E-state index in [1.54, 1.807) is 0 Å². The van der Waals surface area contributed by atoms with Gasteiger partial charge in [-0.3, -0.25) is 0 Å². The average molecular weight is 302 g/mol. The van der Waals surface area contributed by atoms with Gasteiger partial charge in [0.25, 0.3) is 0 Å². The van der Waals surface area contributed by atoms with E-state index < -0.39 is 0 Å². The van der Waals surface area contributed by atoms with Gasteiger partial charge in [-0.05, 0) is 36.9 Å². The van der Waals surface area contributed by atoms with Crippen molar-refractivity contribution < 1.29 is 9.84 Å². The molecule has 0 aliphatic carbocycles. The summed E-state index contributed by atoms with van der Waals surface area (Å²) in [7, 11) is 0. The summed E-state index contributed by atoms with van der Waals surface area (Å²) in [6, 6.07) is 5.68. The van der Waals surface area contributed by atoms with Gasteiger partial charge in [-0.15, -0.1) is 0 Å². The minimum absolute atomic E-state index is 0.0217. The molecule has 0 spiro atoms. The highest BCUT2D eigenvalue weighted by molar-refractivity contribution is 9.10. The molecule has 0 atom stereocenters. The fourth-order valence-electron chi connectivity index (χ4n) is 1.59.